The van der Waals surface area contributed by atoms with Crippen molar-refractivity contribution in [1.82, 2.24) is 9.88 Å². The fraction of sp³-hybridized carbons (Fsp3) is 0.667. The number of hydrogen-bond donors (Lipinski definition) is 1. The Hall–Kier alpha value is -1.78. The van der Waals surface area contributed by atoms with Gasteiger partial charge in [0.15, 0.2) is 5.96 Å². The number of piperidine rings is 1. The van der Waals surface area contributed by atoms with Gasteiger partial charge in [-0.1, -0.05) is 6.92 Å². The first kappa shape index (κ1) is 16.1. The SMILES string of the molecule is CC1CCCN(C(N)=NCc2ccnc(OC3CCCC3)c2)C1. The first-order chi connectivity index (χ1) is 11.2. The summed E-state index contributed by atoms with van der Waals surface area (Å²) in [6.45, 7) is 4.89. The molecule has 0 aromatic carbocycles. The minimum absolute atomic E-state index is 0.334. The molecule has 1 saturated carbocycles. The van der Waals surface area contributed by atoms with Gasteiger partial charge in [0.1, 0.15) is 6.10 Å². The summed E-state index contributed by atoms with van der Waals surface area (Å²) in [4.78, 5) is 11.1. The second-order valence-corrected chi connectivity index (χ2v) is 6.89. The molecule has 5 nitrogen and oxygen atoms in total. The van der Waals surface area contributed by atoms with E-state index in [1.807, 2.05) is 12.1 Å². The van der Waals surface area contributed by atoms with E-state index >= 15 is 0 Å². The predicted octanol–water partition coefficient (Wildman–Crippen LogP) is 2.95. The molecule has 1 aromatic rings. The van der Waals surface area contributed by atoms with Crippen LogP contribution < -0.4 is 10.5 Å². The van der Waals surface area contributed by atoms with E-state index < -0.39 is 0 Å². The topological polar surface area (TPSA) is 63.7 Å². The zero-order chi connectivity index (χ0) is 16.1. The summed E-state index contributed by atoms with van der Waals surface area (Å²) in [5, 5.41) is 0. The van der Waals surface area contributed by atoms with Gasteiger partial charge in [0, 0.05) is 25.4 Å². The summed E-state index contributed by atoms with van der Waals surface area (Å²) in [6, 6.07) is 3.98. The van der Waals surface area contributed by atoms with Crippen LogP contribution in [0.25, 0.3) is 0 Å². The van der Waals surface area contributed by atoms with Gasteiger partial charge in [0.05, 0.1) is 6.54 Å². The van der Waals surface area contributed by atoms with Gasteiger partial charge < -0.3 is 15.4 Å². The van der Waals surface area contributed by atoms with Gasteiger partial charge in [0.25, 0.3) is 0 Å². The lowest BCUT2D eigenvalue weighted by Crippen LogP contribution is -2.43. The minimum Gasteiger partial charge on any atom is -0.474 e. The molecule has 1 aliphatic heterocycles. The van der Waals surface area contributed by atoms with Crippen molar-refractivity contribution in [3.63, 3.8) is 0 Å². The summed E-state index contributed by atoms with van der Waals surface area (Å²) in [7, 11) is 0. The fourth-order valence-corrected chi connectivity index (χ4v) is 3.46. The molecule has 2 N–H and O–H groups in total. The number of nitrogens with two attached hydrogens (primary N) is 1. The molecule has 1 aromatic heterocycles. The largest absolute Gasteiger partial charge is 0.474 e. The first-order valence-electron chi connectivity index (χ1n) is 8.87. The van der Waals surface area contributed by atoms with Crippen LogP contribution in [0.4, 0.5) is 0 Å². The molecule has 2 aliphatic rings. The van der Waals surface area contributed by atoms with Crippen LogP contribution in [-0.4, -0.2) is 35.0 Å². The van der Waals surface area contributed by atoms with E-state index in [-0.39, 0.29) is 0 Å². The maximum Gasteiger partial charge on any atom is 0.213 e. The van der Waals surface area contributed by atoms with Gasteiger partial charge in [0.2, 0.25) is 5.88 Å². The highest BCUT2D eigenvalue weighted by Gasteiger charge is 2.18. The van der Waals surface area contributed by atoms with Crippen molar-refractivity contribution < 1.29 is 4.74 Å². The third kappa shape index (κ3) is 4.60. The number of guanidine groups is 1. The van der Waals surface area contributed by atoms with Gasteiger partial charge >= 0.3 is 0 Å². The smallest absolute Gasteiger partial charge is 0.213 e. The lowest BCUT2D eigenvalue weighted by Gasteiger charge is -2.31. The van der Waals surface area contributed by atoms with E-state index in [4.69, 9.17) is 10.5 Å². The molecule has 1 saturated heterocycles. The Morgan fingerprint density at radius 1 is 1.35 bits per heavy atom. The summed E-state index contributed by atoms with van der Waals surface area (Å²) < 4.78 is 5.95. The molecule has 1 atom stereocenters. The minimum atomic E-state index is 0.334. The molecule has 5 heteroatoms. The van der Waals surface area contributed by atoms with Gasteiger partial charge in [-0.15, -0.1) is 0 Å². The van der Waals surface area contributed by atoms with Crippen LogP contribution in [-0.2, 0) is 6.54 Å². The van der Waals surface area contributed by atoms with E-state index in [1.54, 1.807) is 6.20 Å². The van der Waals surface area contributed by atoms with E-state index in [9.17, 15) is 0 Å². The Labute approximate surface area is 138 Å². The lowest BCUT2D eigenvalue weighted by atomic mass is 10.0. The van der Waals surface area contributed by atoms with Crippen molar-refractivity contribution in [3.8, 4) is 5.88 Å². The molecular formula is C18H28N4O. The molecule has 0 radical (unpaired) electrons. The van der Waals surface area contributed by atoms with E-state index in [2.05, 4.69) is 21.8 Å². The molecule has 0 bridgehead atoms. The summed E-state index contributed by atoms with van der Waals surface area (Å²) in [5.41, 5.74) is 7.26. The number of pyridine rings is 1. The summed E-state index contributed by atoms with van der Waals surface area (Å²) >= 11 is 0. The van der Waals surface area contributed by atoms with Gasteiger partial charge in [-0.05, 0) is 56.1 Å². The predicted molar refractivity (Wildman–Crippen MR) is 92.4 cm³/mol. The van der Waals surface area contributed by atoms with E-state index in [0.29, 0.717) is 24.5 Å². The molecule has 1 aliphatic carbocycles. The molecule has 1 unspecified atom stereocenters. The molecule has 2 fully saturated rings. The Kier molecular flexibility index (Phi) is 5.36. The van der Waals surface area contributed by atoms with Crippen LogP contribution in [0.1, 0.15) is 51.0 Å². The third-order valence-electron chi connectivity index (χ3n) is 4.79. The second kappa shape index (κ2) is 7.66. The van der Waals surface area contributed by atoms with Crippen LogP contribution >= 0.6 is 0 Å². The fourth-order valence-electron chi connectivity index (χ4n) is 3.46. The quantitative estimate of drug-likeness (QED) is 0.685. The normalized spacial score (nSPS) is 23.3. The Morgan fingerprint density at radius 2 is 2.17 bits per heavy atom. The van der Waals surface area contributed by atoms with Crippen LogP contribution in [0.2, 0.25) is 0 Å². The second-order valence-electron chi connectivity index (χ2n) is 6.89. The Bertz CT molecular complexity index is 540. The van der Waals surface area contributed by atoms with Crippen LogP contribution in [0.5, 0.6) is 5.88 Å². The number of nitrogens with zero attached hydrogens (tertiary/aromatic N) is 3. The summed E-state index contributed by atoms with van der Waals surface area (Å²) in [6.07, 6.45) is 9.44. The Balaban J connectivity index is 1.57. The van der Waals surface area contributed by atoms with E-state index in [1.165, 1.54) is 25.7 Å². The van der Waals surface area contributed by atoms with Crippen LogP contribution in [0.3, 0.4) is 0 Å². The van der Waals surface area contributed by atoms with Crippen molar-refractivity contribution >= 4 is 5.96 Å². The third-order valence-corrected chi connectivity index (χ3v) is 4.79. The van der Waals surface area contributed by atoms with Crippen LogP contribution in [0, 0.1) is 5.92 Å². The number of aliphatic imine (C=N–C) groups is 1. The lowest BCUT2D eigenvalue weighted by molar-refractivity contribution is 0.201. The number of aromatic nitrogens is 1. The highest BCUT2D eigenvalue weighted by atomic mass is 16.5. The molecule has 0 amide bonds. The van der Waals surface area contributed by atoms with Crippen molar-refractivity contribution in [2.75, 3.05) is 13.1 Å². The molecule has 0 spiro atoms. The standard InChI is InChI=1S/C18H28N4O/c1-14-5-4-10-22(13-14)18(19)21-12-15-8-9-20-17(11-15)23-16-6-2-3-7-16/h8-9,11,14,16H,2-7,10,12-13H2,1H3,(H2,19,21). The average Bonchev–Trinajstić information content (AvgIpc) is 3.06. The number of rotatable bonds is 4. The maximum absolute atomic E-state index is 6.16. The van der Waals surface area contributed by atoms with Gasteiger partial charge in [-0.3, -0.25) is 0 Å². The Morgan fingerprint density at radius 3 is 2.96 bits per heavy atom. The molecule has 126 valence electrons. The van der Waals surface area contributed by atoms with Crippen LogP contribution in [0.15, 0.2) is 23.3 Å². The number of ether oxygens (including phenoxy) is 1. The van der Waals surface area contributed by atoms with Crippen molar-refractivity contribution in [2.24, 2.45) is 16.6 Å². The maximum atomic E-state index is 6.16. The van der Waals surface area contributed by atoms with Crippen molar-refractivity contribution in [2.45, 2.75) is 58.1 Å². The molecule has 23 heavy (non-hydrogen) atoms. The molecule has 2 heterocycles. The highest BCUT2D eigenvalue weighted by molar-refractivity contribution is 5.78. The molecule has 3 rings (SSSR count). The number of hydrogen-bond acceptors (Lipinski definition) is 3. The van der Waals surface area contributed by atoms with Crippen molar-refractivity contribution in [3.05, 3.63) is 23.9 Å². The number of likely N-dealkylation sites (tertiary alicyclic amines) is 1. The van der Waals surface area contributed by atoms with Gasteiger partial charge in [-0.2, -0.15) is 0 Å². The summed E-state index contributed by atoms with van der Waals surface area (Å²) in [5.74, 6) is 2.08. The van der Waals surface area contributed by atoms with E-state index in [0.717, 1.165) is 37.4 Å². The average molecular weight is 316 g/mol. The van der Waals surface area contributed by atoms with Gasteiger partial charge in [-0.25, -0.2) is 9.98 Å². The zero-order valence-corrected chi connectivity index (χ0v) is 14.1. The molecular weight excluding hydrogens is 288 g/mol. The highest BCUT2D eigenvalue weighted by Crippen LogP contribution is 2.23. The monoisotopic (exact) mass is 316 g/mol. The zero-order valence-electron chi connectivity index (χ0n) is 14.1. The van der Waals surface area contributed by atoms with Crippen molar-refractivity contribution in [1.29, 1.82) is 0 Å². The first-order valence-corrected chi connectivity index (χ1v) is 8.87.